The molecule has 0 amide bonds. The summed E-state index contributed by atoms with van der Waals surface area (Å²) in [6.07, 6.45) is 0. The van der Waals surface area contributed by atoms with Gasteiger partial charge in [-0.1, -0.05) is 30.4 Å². The fraction of sp³-hybridized carbons (Fsp3) is 0.200. The molecule has 0 fully saturated rings. The molecule has 2 rings (SSSR count). The van der Waals surface area contributed by atoms with E-state index in [0.717, 1.165) is 5.56 Å². The highest BCUT2D eigenvalue weighted by Crippen LogP contribution is 2.25. The molecule has 1 aromatic heterocycles. The minimum atomic E-state index is -3.15. The summed E-state index contributed by atoms with van der Waals surface area (Å²) >= 11 is 1.27. The van der Waals surface area contributed by atoms with Crippen LogP contribution < -0.4 is 5.73 Å². The van der Waals surface area contributed by atoms with Crippen molar-refractivity contribution in [2.24, 2.45) is 0 Å². The van der Waals surface area contributed by atoms with Crippen molar-refractivity contribution in [2.45, 2.75) is 11.8 Å². The summed E-state index contributed by atoms with van der Waals surface area (Å²) < 4.78 is 23.2. The monoisotopic (exact) mass is 269 g/mol. The first-order valence-electron chi connectivity index (χ1n) is 4.95. The quantitative estimate of drug-likeness (QED) is 0.914. The number of hydrogen-bond acceptors (Lipinski definition) is 6. The lowest BCUT2D eigenvalue weighted by atomic mass is 10.2. The van der Waals surface area contributed by atoms with E-state index in [-0.39, 0.29) is 5.75 Å². The molecular weight excluding hydrogens is 258 g/mol. The summed E-state index contributed by atoms with van der Waals surface area (Å²) in [7, 11) is -3.15. The Labute approximate surface area is 103 Å². The Morgan fingerprint density at radius 1 is 1.24 bits per heavy atom. The molecule has 0 atom stereocenters. The average molecular weight is 269 g/mol. The Morgan fingerprint density at radius 3 is 2.35 bits per heavy atom. The third-order valence-electron chi connectivity index (χ3n) is 2.28. The van der Waals surface area contributed by atoms with Gasteiger partial charge in [-0.25, -0.2) is 8.42 Å². The van der Waals surface area contributed by atoms with Gasteiger partial charge in [0.15, 0.2) is 9.84 Å². The summed E-state index contributed by atoms with van der Waals surface area (Å²) in [5, 5.41) is 8.68. The molecule has 0 radical (unpaired) electrons. The highest BCUT2D eigenvalue weighted by Gasteiger charge is 2.12. The van der Waals surface area contributed by atoms with Gasteiger partial charge in [0.2, 0.25) is 5.13 Å². The van der Waals surface area contributed by atoms with Gasteiger partial charge in [-0.05, 0) is 12.1 Å². The Morgan fingerprint density at radius 2 is 1.88 bits per heavy atom. The Bertz CT molecular complexity index is 617. The van der Waals surface area contributed by atoms with Crippen LogP contribution in [0.1, 0.15) is 6.92 Å². The fourth-order valence-corrected chi connectivity index (χ4v) is 2.82. The maximum atomic E-state index is 11.6. The zero-order valence-electron chi connectivity index (χ0n) is 9.12. The second-order valence-electron chi connectivity index (χ2n) is 3.37. The van der Waals surface area contributed by atoms with Crippen molar-refractivity contribution < 1.29 is 8.42 Å². The van der Waals surface area contributed by atoms with Gasteiger partial charge in [0, 0.05) is 5.56 Å². The highest BCUT2D eigenvalue weighted by atomic mass is 32.2. The Hall–Kier alpha value is -1.47. The summed E-state index contributed by atoms with van der Waals surface area (Å²) in [4.78, 5) is 0.321. The lowest BCUT2D eigenvalue weighted by Gasteiger charge is -2.01. The number of aromatic nitrogens is 2. The van der Waals surface area contributed by atoms with Crippen molar-refractivity contribution in [3.63, 3.8) is 0 Å². The molecule has 90 valence electrons. The van der Waals surface area contributed by atoms with Crippen LogP contribution in [0.2, 0.25) is 0 Å². The molecule has 1 aromatic carbocycles. The Kier molecular flexibility index (Phi) is 3.12. The third kappa shape index (κ3) is 2.45. The normalized spacial score (nSPS) is 11.6. The molecule has 0 aliphatic heterocycles. The Balaban J connectivity index is 2.37. The largest absolute Gasteiger partial charge is 0.374 e. The zero-order valence-corrected chi connectivity index (χ0v) is 10.8. The maximum Gasteiger partial charge on any atom is 0.203 e. The van der Waals surface area contributed by atoms with Gasteiger partial charge in [0.1, 0.15) is 5.01 Å². The lowest BCUT2D eigenvalue weighted by Crippen LogP contribution is -2.02. The topological polar surface area (TPSA) is 85.9 Å². The van der Waals surface area contributed by atoms with Crippen molar-refractivity contribution >= 4 is 26.3 Å². The molecule has 0 unspecified atom stereocenters. The molecule has 1 heterocycles. The van der Waals surface area contributed by atoms with E-state index in [1.54, 1.807) is 31.2 Å². The van der Waals surface area contributed by atoms with Crippen LogP contribution in [0.4, 0.5) is 5.13 Å². The van der Waals surface area contributed by atoms with Gasteiger partial charge in [-0.3, -0.25) is 0 Å². The molecular formula is C10H11N3O2S2. The van der Waals surface area contributed by atoms with E-state index in [0.29, 0.717) is 15.0 Å². The van der Waals surface area contributed by atoms with Crippen molar-refractivity contribution in [2.75, 3.05) is 11.5 Å². The van der Waals surface area contributed by atoms with Crippen LogP contribution in [0, 0.1) is 0 Å². The van der Waals surface area contributed by atoms with Gasteiger partial charge in [-0.2, -0.15) is 0 Å². The van der Waals surface area contributed by atoms with Crippen molar-refractivity contribution in [1.29, 1.82) is 0 Å². The first kappa shape index (κ1) is 12.0. The maximum absolute atomic E-state index is 11.6. The van der Waals surface area contributed by atoms with Crippen molar-refractivity contribution in [3.05, 3.63) is 24.3 Å². The van der Waals surface area contributed by atoms with Crippen LogP contribution in [0.15, 0.2) is 29.2 Å². The van der Waals surface area contributed by atoms with Gasteiger partial charge in [-0.15, -0.1) is 10.2 Å². The fourth-order valence-electron chi connectivity index (χ4n) is 1.32. The van der Waals surface area contributed by atoms with E-state index in [9.17, 15) is 8.42 Å². The summed E-state index contributed by atoms with van der Waals surface area (Å²) in [6, 6.07) is 6.57. The standard InChI is InChI=1S/C10H11N3O2S2/c1-2-17(14,15)8-5-3-7(4-6-8)9-12-13-10(11)16-9/h3-6H,2H2,1H3,(H2,11,13). The van der Waals surface area contributed by atoms with Crippen LogP contribution in [-0.2, 0) is 9.84 Å². The van der Waals surface area contributed by atoms with Crippen LogP contribution in [0.5, 0.6) is 0 Å². The van der Waals surface area contributed by atoms with E-state index in [1.807, 2.05) is 0 Å². The first-order valence-corrected chi connectivity index (χ1v) is 7.42. The molecule has 0 saturated carbocycles. The van der Waals surface area contributed by atoms with E-state index in [1.165, 1.54) is 11.3 Å². The minimum absolute atomic E-state index is 0.0953. The van der Waals surface area contributed by atoms with Crippen LogP contribution in [0.25, 0.3) is 10.6 Å². The minimum Gasteiger partial charge on any atom is -0.374 e. The SMILES string of the molecule is CCS(=O)(=O)c1ccc(-c2nnc(N)s2)cc1. The molecule has 7 heteroatoms. The second kappa shape index (κ2) is 4.42. The molecule has 17 heavy (non-hydrogen) atoms. The third-order valence-corrected chi connectivity index (χ3v) is 4.83. The highest BCUT2D eigenvalue weighted by molar-refractivity contribution is 7.91. The van der Waals surface area contributed by atoms with Gasteiger partial charge in [0.05, 0.1) is 10.6 Å². The summed E-state index contributed by atoms with van der Waals surface area (Å²) in [6.45, 7) is 1.62. The summed E-state index contributed by atoms with van der Waals surface area (Å²) in [5.41, 5.74) is 6.30. The number of nitrogens with two attached hydrogens (primary N) is 1. The average Bonchev–Trinajstić information content (AvgIpc) is 2.76. The molecule has 0 spiro atoms. The van der Waals surface area contributed by atoms with E-state index >= 15 is 0 Å². The second-order valence-corrected chi connectivity index (χ2v) is 6.66. The van der Waals surface area contributed by atoms with Crippen LogP contribution in [0.3, 0.4) is 0 Å². The summed E-state index contributed by atoms with van der Waals surface area (Å²) in [5.74, 6) is 0.0953. The van der Waals surface area contributed by atoms with E-state index in [4.69, 9.17) is 5.73 Å². The van der Waals surface area contributed by atoms with Gasteiger partial charge in [0.25, 0.3) is 0 Å². The molecule has 2 N–H and O–H groups in total. The smallest absolute Gasteiger partial charge is 0.203 e. The van der Waals surface area contributed by atoms with Gasteiger partial charge < -0.3 is 5.73 Å². The molecule has 0 saturated heterocycles. The number of nitrogen functional groups attached to an aromatic ring is 1. The van der Waals surface area contributed by atoms with Crippen LogP contribution in [-0.4, -0.2) is 24.4 Å². The van der Waals surface area contributed by atoms with E-state index in [2.05, 4.69) is 10.2 Å². The number of anilines is 1. The first-order chi connectivity index (χ1) is 8.03. The number of nitrogens with zero attached hydrogens (tertiary/aromatic N) is 2. The molecule has 5 nitrogen and oxygen atoms in total. The van der Waals surface area contributed by atoms with Crippen LogP contribution >= 0.6 is 11.3 Å². The zero-order chi connectivity index (χ0) is 12.5. The van der Waals surface area contributed by atoms with Gasteiger partial charge >= 0.3 is 0 Å². The predicted octanol–water partition coefficient (Wildman–Crippen LogP) is 1.58. The predicted molar refractivity (Wildman–Crippen MR) is 67.5 cm³/mol. The van der Waals surface area contributed by atoms with Crippen molar-refractivity contribution in [1.82, 2.24) is 10.2 Å². The number of benzene rings is 1. The molecule has 0 aliphatic carbocycles. The lowest BCUT2D eigenvalue weighted by molar-refractivity contribution is 0.597. The van der Waals surface area contributed by atoms with E-state index < -0.39 is 9.84 Å². The molecule has 0 bridgehead atoms. The number of sulfone groups is 1. The van der Waals surface area contributed by atoms with Crippen molar-refractivity contribution in [3.8, 4) is 10.6 Å². The molecule has 2 aromatic rings. The molecule has 0 aliphatic rings. The number of hydrogen-bond donors (Lipinski definition) is 1. The number of rotatable bonds is 3.